The topological polar surface area (TPSA) is 81.4 Å². The fraction of sp³-hybridized carbons (Fsp3) is 0.0833. The van der Waals surface area contributed by atoms with E-state index in [1.54, 1.807) is 0 Å². The van der Waals surface area contributed by atoms with Gasteiger partial charge in [0.25, 0.3) is 5.95 Å². The van der Waals surface area contributed by atoms with E-state index in [0.717, 1.165) is 10.0 Å². The molecule has 0 aliphatic carbocycles. The number of anilines is 1. The summed E-state index contributed by atoms with van der Waals surface area (Å²) in [4.78, 5) is 16.1. The van der Waals surface area contributed by atoms with Gasteiger partial charge in [0.05, 0.1) is 0 Å². The Labute approximate surface area is 133 Å². The second-order valence-corrected chi connectivity index (χ2v) is 5.21. The molecule has 0 atom stereocenters. The lowest BCUT2D eigenvalue weighted by Crippen LogP contribution is -2.09. The third-order valence-corrected chi connectivity index (χ3v) is 3.56. The van der Waals surface area contributed by atoms with Crippen LogP contribution in [-0.4, -0.2) is 29.7 Å². The normalized spacial score (nSPS) is 10.6. The third-order valence-electron chi connectivity index (χ3n) is 2.61. The minimum absolute atomic E-state index is 0.0881. The summed E-state index contributed by atoms with van der Waals surface area (Å²) in [7, 11) is 0. The maximum atomic E-state index is 5.91. The zero-order valence-corrected chi connectivity index (χ0v) is 13.0. The van der Waals surface area contributed by atoms with Crippen LogP contribution in [0.15, 0.2) is 41.4 Å². The van der Waals surface area contributed by atoms with E-state index in [1.165, 1.54) is 17.3 Å². The van der Waals surface area contributed by atoms with Crippen LogP contribution in [0, 0.1) is 0 Å². The van der Waals surface area contributed by atoms with Gasteiger partial charge >= 0.3 is 0 Å². The number of benzene rings is 1. The number of aromatic nitrogens is 6. The Hall–Kier alpha value is -2.06. The van der Waals surface area contributed by atoms with Gasteiger partial charge in [-0.15, -0.1) is 0 Å². The number of hydrogen-bond acceptors (Lipinski definition) is 6. The van der Waals surface area contributed by atoms with Gasteiger partial charge in [-0.1, -0.05) is 34.1 Å². The van der Waals surface area contributed by atoms with Crippen molar-refractivity contribution < 1.29 is 0 Å². The number of nitrogens with zero attached hydrogens (tertiary/aromatic N) is 6. The molecule has 1 aromatic carbocycles. The van der Waals surface area contributed by atoms with Crippen LogP contribution >= 0.6 is 27.5 Å². The molecule has 0 amide bonds. The molecule has 0 radical (unpaired) electrons. The van der Waals surface area contributed by atoms with Crippen LogP contribution < -0.4 is 5.32 Å². The minimum atomic E-state index is 0.0881. The molecular formula is C12H9BrClN7. The van der Waals surface area contributed by atoms with Gasteiger partial charge < -0.3 is 5.32 Å². The van der Waals surface area contributed by atoms with Crippen molar-refractivity contribution >= 4 is 33.5 Å². The Bertz CT molecular complexity index is 747. The first-order chi connectivity index (χ1) is 10.2. The van der Waals surface area contributed by atoms with E-state index in [-0.39, 0.29) is 5.28 Å². The molecule has 0 saturated heterocycles. The highest BCUT2D eigenvalue weighted by molar-refractivity contribution is 9.10. The minimum Gasteiger partial charge on any atom is -0.350 e. The lowest BCUT2D eigenvalue weighted by molar-refractivity contribution is 0.793. The molecule has 0 fully saturated rings. The van der Waals surface area contributed by atoms with Gasteiger partial charge in [0, 0.05) is 11.0 Å². The quantitative estimate of drug-likeness (QED) is 0.764. The zero-order valence-electron chi connectivity index (χ0n) is 10.6. The molecule has 1 N–H and O–H groups in total. The fourth-order valence-corrected chi connectivity index (χ4v) is 2.23. The summed E-state index contributed by atoms with van der Waals surface area (Å²) in [5, 5.41) is 7.15. The molecule has 21 heavy (non-hydrogen) atoms. The molecule has 0 aliphatic heterocycles. The molecule has 7 nitrogen and oxygen atoms in total. The summed E-state index contributed by atoms with van der Waals surface area (Å²) in [6.45, 7) is 0.554. The van der Waals surface area contributed by atoms with E-state index in [4.69, 9.17) is 11.6 Å². The van der Waals surface area contributed by atoms with Crippen molar-refractivity contribution in [3.63, 3.8) is 0 Å². The monoisotopic (exact) mass is 365 g/mol. The van der Waals surface area contributed by atoms with Crippen molar-refractivity contribution in [1.29, 1.82) is 0 Å². The highest BCUT2D eigenvalue weighted by atomic mass is 79.9. The predicted octanol–water partition coefficient (Wildman–Crippen LogP) is 2.48. The average Bonchev–Trinajstić information content (AvgIpc) is 3.00. The Balaban J connectivity index is 1.81. The van der Waals surface area contributed by atoms with Gasteiger partial charge in [-0.2, -0.15) is 24.7 Å². The Morgan fingerprint density at radius 3 is 2.81 bits per heavy atom. The van der Waals surface area contributed by atoms with Crippen LogP contribution in [0.4, 0.5) is 5.95 Å². The number of hydrogen-bond donors (Lipinski definition) is 1. The van der Waals surface area contributed by atoms with Gasteiger partial charge in [-0.25, -0.2) is 4.98 Å². The summed E-state index contributed by atoms with van der Waals surface area (Å²) in [6, 6.07) is 7.88. The predicted molar refractivity (Wildman–Crippen MR) is 81.2 cm³/mol. The maximum Gasteiger partial charge on any atom is 0.258 e. The van der Waals surface area contributed by atoms with Gasteiger partial charge in [-0.3, -0.25) is 0 Å². The van der Waals surface area contributed by atoms with Crippen molar-refractivity contribution in [1.82, 2.24) is 29.7 Å². The Morgan fingerprint density at radius 2 is 2.05 bits per heavy atom. The SMILES string of the molecule is Clc1nc(NCc2ccccc2Br)nc(-n2cncn2)n1. The summed E-state index contributed by atoms with van der Waals surface area (Å²) < 4.78 is 2.42. The average molecular weight is 367 g/mol. The molecule has 0 aliphatic rings. The molecule has 3 rings (SSSR count). The van der Waals surface area contributed by atoms with Crippen LogP contribution in [0.25, 0.3) is 5.95 Å². The van der Waals surface area contributed by atoms with Crippen molar-refractivity contribution in [2.45, 2.75) is 6.54 Å². The highest BCUT2D eigenvalue weighted by Crippen LogP contribution is 2.17. The molecule has 2 aromatic heterocycles. The van der Waals surface area contributed by atoms with Gasteiger partial charge in [0.1, 0.15) is 12.7 Å². The van der Waals surface area contributed by atoms with E-state index in [9.17, 15) is 0 Å². The Kier molecular flexibility index (Phi) is 4.07. The van der Waals surface area contributed by atoms with Crippen LogP contribution in [0.3, 0.4) is 0 Å². The van der Waals surface area contributed by atoms with Crippen LogP contribution in [0.5, 0.6) is 0 Å². The first-order valence-corrected chi connectivity index (χ1v) is 7.13. The van der Waals surface area contributed by atoms with E-state index >= 15 is 0 Å². The second-order valence-electron chi connectivity index (χ2n) is 4.01. The number of rotatable bonds is 4. The lowest BCUT2D eigenvalue weighted by atomic mass is 10.2. The molecule has 106 valence electrons. The zero-order chi connectivity index (χ0) is 14.7. The molecule has 0 saturated carbocycles. The molecular weight excluding hydrogens is 358 g/mol. The van der Waals surface area contributed by atoms with Gasteiger partial charge in [-0.05, 0) is 23.2 Å². The van der Waals surface area contributed by atoms with Crippen LogP contribution in [0.2, 0.25) is 5.28 Å². The lowest BCUT2D eigenvalue weighted by Gasteiger charge is -2.08. The molecule has 0 unspecified atom stereocenters. The maximum absolute atomic E-state index is 5.91. The van der Waals surface area contributed by atoms with E-state index in [1.807, 2.05) is 24.3 Å². The van der Waals surface area contributed by atoms with Crippen LogP contribution in [0.1, 0.15) is 5.56 Å². The van der Waals surface area contributed by atoms with Gasteiger partial charge in [0.15, 0.2) is 0 Å². The molecule has 3 aromatic rings. The summed E-state index contributed by atoms with van der Waals surface area (Å²) in [5.41, 5.74) is 1.08. The standard InChI is InChI=1S/C12H9BrClN7/c13-9-4-2-1-3-8(9)5-16-11-18-10(14)19-12(20-11)21-7-15-6-17-21/h1-4,6-7H,5H2,(H,16,18,19,20). The van der Waals surface area contributed by atoms with Crippen molar-refractivity contribution in [3.05, 3.63) is 52.2 Å². The smallest absolute Gasteiger partial charge is 0.258 e. The fourth-order valence-electron chi connectivity index (χ4n) is 1.65. The molecule has 0 spiro atoms. The number of nitrogens with one attached hydrogen (secondary N) is 1. The Morgan fingerprint density at radius 1 is 1.19 bits per heavy atom. The summed E-state index contributed by atoms with van der Waals surface area (Å²) in [5.74, 6) is 0.679. The molecule has 2 heterocycles. The first-order valence-electron chi connectivity index (χ1n) is 5.96. The molecule has 0 bridgehead atoms. The number of halogens is 2. The van der Waals surface area contributed by atoms with Crippen LogP contribution in [-0.2, 0) is 6.54 Å². The largest absolute Gasteiger partial charge is 0.350 e. The molecule has 9 heteroatoms. The summed E-state index contributed by atoms with van der Waals surface area (Å²) in [6.07, 6.45) is 2.88. The summed E-state index contributed by atoms with van der Waals surface area (Å²) >= 11 is 9.40. The second kappa shape index (κ2) is 6.15. The first kappa shape index (κ1) is 13.9. The van der Waals surface area contributed by atoms with Crippen molar-refractivity contribution in [2.24, 2.45) is 0 Å². The van der Waals surface area contributed by atoms with E-state index in [0.29, 0.717) is 18.4 Å². The van der Waals surface area contributed by atoms with Crippen molar-refractivity contribution in [2.75, 3.05) is 5.32 Å². The van der Waals surface area contributed by atoms with E-state index in [2.05, 4.69) is 46.3 Å². The van der Waals surface area contributed by atoms with Gasteiger partial charge in [0.2, 0.25) is 11.2 Å². The van der Waals surface area contributed by atoms with E-state index < -0.39 is 0 Å². The third kappa shape index (κ3) is 3.34. The highest BCUT2D eigenvalue weighted by Gasteiger charge is 2.08. The van der Waals surface area contributed by atoms with Crippen molar-refractivity contribution in [3.8, 4) is 5.95 Å².